The van der Waals surface area contributed by atoms with E-state index in [1.807, 2.05) is 0 Å². The molecule has 2 rings (SSSR count). The summed E-state index contributed by atoms with van der Waals surface area (Å²) in [5.41, 5.74) is 1.32. The zero-order valence-electron chi connectivity index (χ0n) is 12.0. The van der Waals surface area contributed by atoms with Crippen LogP contribution in [0.2, 0.25) is 0 Å². The fourth-order valence-electron chi connectivity index (χ4n) is 2.13. The summed E-state index contributed by atoms with van der Waals surface area (Å²) in [7, 11) is 4.53. The molecule has 0 aliphatic rings. The molecular weight excluding hydrogens is 275 g/mol. The molecule has 0 amide bonds. The van der Waals surface area contributed by atoms with Gasteiger partial charge in [-0.15, -0.1) is 0 Å². The smallest absolute Gasteiger partial charge is 0.150 e. The molecule has 0 atom stereocenters. The minimum absolute atomic E-state index is 0.219. The minimum Gasteiger partial charge on any atom is -0.496 e. The lowest BCUT2D eigenvalue weighted by Crippen LogP contribution is -1.98. The largest absolute Gasteiger partial charge is 0.496 e. The fourth-order valence-corrected chi connectivity index (χ4v) is 2.13. The second-order valence-electron chi connectivity index (χ2n) is 4.26. The molecular formula is C16H15FO4. The quantitative estimate of drug-likeness (QED) is 0.792. The molecule has 0 saturated heterocycles. The maximum Gasteiger partial charge on any atom is 0.150 e. The van der Waals surface area contributed by atoms with Crippen LogP contribution in [-0.4, -0.2) is 27.6 Å². The van der Waals surface area contributed by atoms with E-state index in [9.17, 15) is 9.18 Å². The van der Waals surface area contributed by atoms with Gasteiger partial charge in [-0.1, -0.05) is 6.07 Å². The first-order chi connectivity index (χ1) is 10.1. The highest BCUT2D eigenvalue weighted by Gasteiger charge is 2.18. The standard InChI is InChI=1S/C16H15FO4/c1-19-12-7-14(20-2)16(15(8-12)21-3)13-5-4-11(17)6-10(13)9-18/h4-9H,1-3H3. The first-order valence-electron chi connectivity index (χ1n) is 6.19. The maximum absolute atomic E-state index is 13.3. The zero-order chi connectivity index (χ0) is 15.4. The Bertz CT molecular complexity index is 642. The Morgan fingerprint density at radius 3 is 2.05 bits per heavy atom. The molecule has 2 aromatic carbocycles. The van der Waals surface area contributed by atoms with Crippen molar-refractivity contribution in [2.45, 2.75) is 0 Å². The molecule has 4 nitrogen and oxygen atoms in total. The van der Waals surface area contributed by atoms with Crippen LogP contribution in [-0.2, 0) is 0 Å². The van der Waals surface area contributed by atoms with Gasteiger partial charge in [-0.25, -0.2) is 4.39 Å². The first-order valence-corrected chi connectivity index (χ1v) is 6.19. The lowest BCUT2D eigenvalue weighted by Gasteiger charge is -2.16. The Labute approximate surface area is 122 Å². The number of ether oxygens (including phenoxy) is 3. The van der Waals surface area contributed by atoms with E-state index in [0.717, 1.165) is 0 Å². The molecule has 2 aromatic rings. The highest BCUT2D eigenvalue weighted by atomic mass is 19.1. The van der Waals surface area contributed by atoms with Crippen molar-refractivity contribution >= 4 is 6.29 Å². The minimum atomic E-state index is -0.479. The van der Waals surface area contributed by atoms with Crippen LogP contribution in [0.1, 0.15) is 10.4 Å². The summed E-state index contributed by atoms with van der Waals surface area (Å²) >= 11 is 0. The summed E-state index contributed by atoms with van der Waals surface area (Å²) in [5.74, 6) is 1.02. The summed E-state index contributed by atoms with van der Waals surface area (Å²) in [5, 5.41) is 0. The normalized spacial score (nSPS) is 10.1. The van der Waals surface area contributed by atoms with E-state index in [0.29, 0.717) is 34.7 Å². The molecule has 0 aliphatic carbocycles. The van der Waals surface area contributed by atoms with E-state index in [1.165, 1.54) is 39.5 Å². The number of hydrogen-bond donors (Lipinski definition) is 0. The second-order valence-corrected chi connectivity index (χ2v) is 4.26. The van der Waals surface area contributed by atoms with Crippen molar-refractivity contribution in [1.82, 2.24) is 0 Å². The van der Waals surface area contributed by atoms with Gasteiger partial charge in [0.2, 0.25) is 0 Å². The molecule has 110 valence electrons. The van der Waals surface area contributed by atoms with Gasteiger partial charge in [0.1, 0.15) is 23.1 Å². The van der Waals surface area contributed by atoms with Crippen molar-refractivity contribution in [2.24, 2.45) is 0 Å². The topological polar surface area (TPSA) is 44.8 Å². The lowest BCUT2D eigenvalue weighted by molar-refractivity contribution is 0.112. The van der Waals surface area contributed by atoms with Gasteiger partial charge in [-0.2, -0.15) is 0 Å². The zero-order valence-corrected chi connectivity index (χ0v) is 12.0. The van der Waals surface area contributed by atoms with Crippen molar-refractivity contribution in [3.63, 3.8) is 0 Å². The number of halogens is 1. The summed E-state index contributed by atoms with van der Waals surface area (Å²) in [6, 6.07) is 7.33. The van der Waals surface area contributed by atoms with Crippen molar-refractivity contribution in [3.8, 4) is 28.4 Å². The Balaban J connectivity index is 2.76. The molecule has 0 fully saturated rings. The van der Waals surface area contributed by atoms with Crippen LogP contribution in [0.25, 0.3) is 11.1 Å². The molecule has 0 spiro atoms. The highest BCUT2D eigenvalue weighted by Crippen LogP contribution is 2.42. The average Bonchev–Trinajstić information content (AvgIpc) is 2.53. The third kappa shape index (κ3) is 2.81. The van der Waals surface area contributed by atoms with Gasteiger partial charge in [0.25, 0.3) is 0 Å². The van der Waals surface area contributed by atoms with Gasteiger partial charge in [0.15, 0.2) is 6.29 Å². The molecule has 0 bridgehead atoms. The third-order valence-electron chi connectivity index (χ3n) is 3.12. The number of carbonyl (C=O) groups excluding carboxylic acids is 1. The second kappa shape index (κ2) is 6.26. The average molecular weight is 290 g/mol. The van der Waals surface area contributed by atoms with Crippen LogP contribution in [0.4, 0.5) is 4.39 Å². The van der Waals surface area contributed by atoms with E-state index in [-0.39, 0.29) is 5.56 Å². The number of aldehydes is 1. The number of methoxy groups -OCH3 is 3. The van der Waals surface area contributed by atoms with Crippen LogP contribution < -0.4 is 14.2 Å². The highest BCUT2D eigenvalue weighted by molar-refractivity contribution is 5.91. The van der Waals surface area contributed by atoms with E-state index in [1.54, 1.807) is 12.1 Å². The molecule has 0 aromatic heterocycles. The van der Waals surface area contributed by atoms with E-state index in [4.69, 9.17) is 14.2 Å². The van der Waals surface area contributed by atoms with Crippen molar-refractivity contribution < 1.29 is 23.4 Å². The third-order valence-corrected chi connectivity index (χ3v) is 3.12. The molecule has 0 saturated carbocycles. The molecule has 0 N–H and O–H groups in total. The van der Waals surface area contributed by atoms with Gasteiger partial charge >= 0.3 is 0 Å². The van der Waals surface area contributed by atoms with Crippen LogP contribution in [0, 0.1) is 5.82 Å². The number of carbonyl (C=O) groups is 1. The Kier molecular flexibility index (Phi) is 4.42. The van der Waals surface area contributed by atoms with E-state index < -0.39 is 5.82 Å². The monoisotopic (exact) mass is 290 g/mol. The summed E-state index contributed by atoms with van der Waals surface area (Å²) in [6.45, 7) is 0. The predicted molar refractivity (Wildman–Crippen MR) is 76.9 cm³/mol. The first kappa shape index (κ1) is 14.8. The van der Waals surface area contributed by atoms with Gasteiger partial charge in [-0.3, -0.25) is 4.79 Å². The molecule has 21 heavy (non-hydrogen) atoms. The summed E-state index contributed by atoms with van der Waals surface area (Å²) < 4.78 is 29.2. The fraction of sp³-hybridized carbons (Fsp3) is 0.188. The van der Waals surface area contributed by atoms with Crippen LogP contribution >= 0.6 is 0 Å². The molecule has 0 heterocycles. The van der Waals surface area contributed by atoms with Crippen LogP contribution in [0.5, 0.6) is 17.2 Å². The Morgan fingerprint density at radius 2 is 1.57 bits per heavy atom. The number of hydrogen-bond acceptors (Lipinski definition) is 4. The molecule has 5 heteroatoms. The van der Waals surface area contributed by atoms with Gasteiger partial charge in [0, 0.05) is 17.7 Å². The Hall–Kier alpha value is -2.56. The SMILES string of the molecule is COc1cc(OC)c(-c2ccc(F)cc2C=O)c(OC)c1. The van der Waals surface area contributed by atoms with Gasteiger partial charge in [0.05, 0.1) is 26.9 Å². The number of benzene rings is 2. The maximum atomic E-state index is 13.3. The molecule has 0 aliphatic heterocycles. The summed E-state index contributed by atoms with van der Waals surface area (Å²) in [4.78, 5) is 11.2. The predicted octanol–water partition coefficient (Wildman–Crippen LogP) is 3.33. The molecule has 0 radical (unpaired) electrons. The van der Waals surface area contributed by atoms with Crippen molar-refractivity contribution in [2.75, 3.05) is 21.3 Å². The lowest BCUT2D eigenvalue weighted by atomic mass is 9.98. The van der Waals surface area contributed by atoms with Crippen LogP contribution in [0.3, 0.4) is 0 Å². The number of rotatable bonds is 5. The Morgan fingerprint density at radius 1 is 0.952 bits per heavy atom. The van der Waals surface area contributed by atoms with E-state index >= 15 is 0 Å². The van der Waals surface area contributed by atoms with E-state index in [2.05, 4.69) is 0 Å². The van der Waals surface area contributed by atoms with Crippen molar-refractivity contribution in [3.05, 3.63) is 41.7 Å². The molecule has 0 unspecified atom stereocenters. The van der Waals surface area contributed by atoms with Crippen LogP contribution in [0.15, 0.2) is 30.3 Å². The summed E-state index contributed by atoms with van der Waals surface area (Å²) in [6.07, 6.45) is 0.599. The van der Waals surface area contributed by atoms with Gasteiger partial charge < -0.3 is 14.2 Å². The van der Waals surface area contributed by atoms with Gasteiger partial charge in [-0.05, 0) is 17.7 Å². The van der Waals surface area contributed by atoms with Crippen molar-refractivity contribution in [1.29, 1.82) is 0 Å².